The summed E-state index contributed by atoms with van der Waals surface area (Å²) < 4.78 is 6.95. The van der Waals surface area contributed by atoms with Crippen molar-refractivity contribution in [3.05, 3.63) is 57.6 Å². The highest BCUT2D eigenvalue weighted by Gasteiger charge is 2.16. The average molecular weight is 453 g/mol. The number of nitriles is 1. The summed E-state index contributed by atoms with van der Waals surface area (Å²) in [4.78, 5) is 39.2. The van der Waals surface area contributed by atoms with Gasteiger partial charge in [-0.1, -0.05) is 11.8 Å². The average Bonchev–Trinajstić information content (AvgIpc) is 3.14. The molecule has 164 valence electrons. The minimum atomic E-state index is -0.606. The number of aromatic nitrogens is 2. The van der Waals surface area contributed by atoms with E-state index in [0.717, 1.165) is 11.6 Å². The number of anilines is 1. The van der Waals surface area contributed by atoms with E-state index in [1.54, 1.807) is 25.1 Å². The van der Waals surface area contributed by atoms with Gasteiger partial charge >= 0.3 is 5.97 Å². The van der Waals surface area contributed by atoms with Gasteiger partial charge in [-0.05, 0) is 38.1 Å². The summed E-state index contributed by atoms with van der Waals surface area (Å²) >= 11 is 1.20. The molecule has 0 saturated heterocycles. The molecule has 10 nitrogen and oxygen atoms in total. The summed E-state index contributed by atoms with van der Waals surface area (Å²) in [7, 11) is 0. The van der Waals surface area contributed by atoms with Crippen LogP contribution in [0.15, 0.2) is 41.6 Å². The Kier molecular flexibility index (Phi) is 7.07. The van der Waals surface area contributed by atoms with E-state index in [4.69, 9.17) is 4.74 Å². The van der Waals surface area contributed by atoms with Crippen LogP contribution in [0.2, 0.25) is 0 Å². The molecule has 1 heterocycles. The van der Waals surface area contributed by atoms with E-state index in [-0.39, 0.29) is 35.2 Å². The van der Waals surface area contributed by atoms with Gasteiger partial charge in [-0.3, -0.25) is 14.9 Å². The van der Waals surface area contributed by atoms with Gasteiger partial charge in [-0.15, -0.1) is 0 Å². The number of ether oxygens (including phenoxy) is 1. The molecule has 0 atom stereocenters. The van der Waals surface area contributed by atoms with Crippen LogP contribution < -0.4 is 5.32 Å². The lowest BCUT2D eigenvalue weighted by Crippen LogP contribution is -2.15. The van der Waals surface area contributed by atoms with Crippen molar-refractivity contribution < 1.29 is 19.2 Å². The predicted molar refractivity (Wildman–Crippen MR) is 119 cm³/mol. The molecule has 0 saturated carbocycles. The van der Waals surface area contributed by atoms with Crippen molar-refractivity contribution in [2.45, 2.75) is 25.5 Å². The van der Waals surface area contributed by atoms with Crippen molar-refractivity contribution in [1.82, 2.24) is 9.55 Å². The van der Waals surface area contributed by atoms with Crippen molar-refractivity contribution in [2.75, 3.05) is 17.7 Å². The van der Waals surface area contributed by atoms with Crippen LogP contribution in [0, 0.1) is 21.4 Å². The maximum Gasteiger partial charge on any atom is 0.338 e. The van der Waals surface area contributed by atoms with Gasteiger partial charge in [0, 0.05) is 18.7 Å². The van der Waals surface area contributed by atoms with Gasteiger partial charge in [-0.2, -0.15) is 5.26 Å². The van der Waals surface area contributed by atoms with E-state index in [9.17, 15) is 25.0 Å². The van der Waals surface area contributed by atoms with Crippen molar-refractivity contribution >= 4 is 46.0 Å². The molecule has 0 spiro atoms. The van der Waals surface area contributed by atoms with E-state index in [1.807, 2.05) is 17.6 Å². The highest BCUT2D eigenvalue weighted by Crippen LogP contribution is 2.26. The fourth-order valence-corrected chi connectivity index (χ4v) is 3.91. The Labute approximate surface area is 187 Å². The van der Waals surface area contributed by atoms with Gasteiger partial charge in [0.25, 0.3) is 5.69 Å². The lowest BCUT2D eigenvalue weighted by molar-refractivity contribution is -0.384. The molecule has 1 N–H and O–H groups in total. The monoisotopic (exact) mass is 453 g/mol. The molecular formula is C21H19N5O5S. The number of hydrogen-bond donors (Lipinski definition) is 1. The number of nitrogens with zero attached hydrogens (tertiary/aromatic N) is 4. The third-order valence-electron chi connectivity index (χ3n) is 4.48. The van der Waals surface area contributed by atoms with Crippen LogP contribution in [0.5, 0.6) is 0 Å². The number of imidazole rings is 1. The second-order valence-electron chi connectivity index (χ2n) is 6.50. The molecule has 0 fully saturated rings. The number of nitro benzene ring substituents is 1. The normalized spacial score (nSPS) is 10.5. The summed E-state index contributed by atoms with van der Waals surface area (Å²) in [6.07, 6.45) is 0. The Morgan fingerprint density at radius 1 is 1.28 bits per heavy atom. The third-order valence-corrected chi connectivity index (χ3v) is 5.46. The first-order valence-electron chi connectivity index (χ1n) is 9.66. The molecule has 0 aliphatic heterocycles. The van der Waals surface area contributed by atoms with Crippen molar-refractivity contribution in [3.63, 3.8) is 0 Å². The van der Waals surface area contributed by atoms with Crippen LogP contribution in [0.25, 0.3) is 11.0 Å². The fourth-order valence-electron chi connectivity index (χ4n) is 3.03. The molecule has 0 radical (unpaired) electrons. The molecule has 32 heavy (non-hydrogen) atoms. The molecule has 0 aliphatic carbocycles. The maximum absolute atomic E-state index is 12.4. The van der Waals surface area contributed by atoms with Gasteiger partial charge in [0.05, 0.1) is 45.1 Å². The highest BCUT2D eigenvalue weighted by atomic mass is 32.2. The molecular weight excluding hydrogens is 434 g/mol. The fraction of sp³-hybridized carbons (Fsp3) is 0.238. The molecule has 1 aromatic heterocycles. The number of carbonyl (C=O) groups is 2. The number of non-ortho nitro benzene ring substituents is 1. The van der Waals surface area contributed by atoms with Crippen molar-refractivity contribution in [1.29, 1.82) is 5.26 Å². The van der Waals surface area contributed by atoms with Crippen molar-refractivity contribution in [2.24, 2.45) is 0 Å². The summed E-state index contributed by atoms with van der Waals surface area (Å²) in [5.74, 6) is -0.802. The van der Waals surface area contributed by atoms with Gasteiger partial charge in [-0.25, -0.2) is 9.78 Å². The number of hydrogen-bond acceptors (Lipinski definition) is 8. The highest BCUT2D eigenvalue weighted by molar-refractivity contribution is 7.99. The van der Waals surface area contributed by atoms with Gasteiger partial charge in [0.2, 0.25) is 5.91 Å². The number of esters is 1. The van der Waals surface area contributed by atoms with Crippen LogP contribution in [-0.4, -0.2) is 38.7 Å². The van der Waals surface area contributed by atoms with E-state index < -0.39 is 10.9 Å². The Hall–Kier alpha value is -3.91. The zero-order valence-corrected chi connectivity index (χ0v) is 18.1. The predicted octanol–water partition coefficient (Wildman–Crippen LogP) is 3.74. The van der Waals surface area contributed by atoms with Crippen LogP contribution in [0.1, 0.15) is 29.8 Å². The van der Waals surface area contributed by atoms with Gasteiger partial charge in [0.15, 0.2) is 5.16 Å². The number of benzene rings is 2. The zero-order chi connectivity index (χ0) is 23.3. The van der Waals surface area contributed by atoms with E-state index in [2.05, 4.69) is 10.3 Å². The van der Waals surface area contributed by atoms with Gasteiger partial charge in [0.1, 0.15) is 6.07 Å². The smallest absolute Gasteiger partial charge is 0.338 e. The topological polar surface area (TPSA) is 140 Å². The minimum Gasteiger partial charge on any atom is -0.462 e. The Morgan fingerprint density at radius 2 is 2.06 bits per heavy atom. The first kappa shape index (κ1) is 22.8. The molecule has 2 aromatic carbocycles. The van der Waals surface area contributed by atoms with Crippen LogP contribution in [0.3, 0.4) is 0 Å². The molecule has 0 unspecified atom stereocenters. The van der Waals surface area contributed by atoms with Crippen LogP contribution >= 0.6 is 11.8 Å². The molecule has 0 aliphatic rings. The second-order valence-corrected chi connectivity index (χ2v) is 7.44. The molecule has 0 bridgehead atoms. The number of nitrogens with one attached hydrogen (secondary N) is 1. The number of thioether (sulfide) groups is 1. The van der Waals surface area contributed by atoms with E-state index >= 15 is 0 Å². The maximum atomic E-state index is 12.4. The van der Waals surface area contributed by atoms with Gasteiger partial charge < -0.3 is 14.6 Å². The first-order valence-corrected chi connectivity index (χ1v) is 10.6. The summed E-state index contributed by atoms with van der Waals surface area (Å²) in [6, 6.07) is 10.6. The second kappa shape index (κ2) is 9.93. The largest absolute Gasteiger partial charge is 0.462 e. The quantitative estimate of drug-likeness (QED) is 0.235. The summed E-state index contributed by atoms with van der Waals surface area (Å²) in [6.45, 7) is 4.57. The number of nitro groups is 1. The molecule has 3 rings (SSSR count). The summed E-state index contributed by atoms with van der Waals surface area (Å²) in [5.41, 5.74) is 1.81. The van der Waals surface area contributed by atoms with E-state index in [0.29, 0.717) is 22.8 Å². The number of aryl methyl sites for hydroxylation is 1. The summed E-state index contributed by atoms with van der Waals surface area (Å²) in [5, 5.41) is 23.3. The van der Waals surface area contributed by atoms with Crippen molar-refractivity contribution in [3.8, 4) is 6.07 Å². The van der Waals surface area contributed by atoms with Crippen LogP contribution in [-0.2, 0) is 16.1 Å². The standard InChI is InChI=1S/C21H19N5O5S/c1-3-25-18-8-5-13(20(28)31-4-2)10-17(18)24-21(25)32-12-19(27)23-16-7-6-15(26(29)30)9-14(16)11-22/h5-10H,3-4,12H2,1-2H3,(H,23,27). The lowest BCUT2D eigenvalue weighted by Gasteiger charge is -2.08. The zero-order valence-electron chi connectivity index (χ0n) is 17.3. The minimum absolute atomic E-state index is 0.00448. The Bertz CT molecular complexity index is 1250. The number of fused-ring (bicyclic) bond motifs is 1. The number of amides is 1. The first-order chi connectivity index (χ1) is 15.4. The Balaban J connectivity index is 1.75. The number of carbonyl (C=O) groups excluding carboxylic acids is 2. The molecule has 11 heteroatoms. The molecule has 1 amide bonds. The molecule has 3 aromatic rings. The van der Waals surface area contributed by atoms with Crippen LogP contribution in [0.4, 0.5) is 11.4 Å². The lowest BCUT2D eigenvalue weighted by atomic mass is 10.1. The Morgan fingerprint density at radius 3 is 2.72 bits per heavy atom. The SMILES string of the molecule is CCOC(=O)c1ccc2c(c1)nc(SCC(=O)Nc1ccc([N+](=O)[O-])cc1C#N)n2CC. The third kappa shape index (κ3) is 4.87. The van der Waals surface area contributed by atoms with E-state index in [1.165, 1.54) is 23.9 Å². The number of rotatable bonds is 8.